The zero-order valence-electron chi connectivity index (χ0n) is 10.9. The molecule has 0 saturated heterocycles. The van der Waals surface area contributed by atoms with Gasteiger partial charge in [-0.2, -0.15) is 0 Å². The van der Waals surface area contributed by atoms with Crippen molar-refractivity contribution in [3.8, 4) is 0 Å². The summed E-state index contributed by atoms with van der Waals surface area (Å²) in [6, 6.07) is 6.07. The molecule has 0 aromatic heterocycles. The molecule has 1 aromatic carbocycles. The monoisotopic (exact) mass is 307 g/mol. The smallest absolute Gasteiger partial charge is 0.397 e. The quantitative estimate of drug-likeness (QED) is 0.655. The second-order valence-corrected chi connectivity index (χ2v) is 4.45. The van der Waals surface area contributed by atoms with Gasteiger partial charge in [0, 0.05) is 11.1 Å². The van der Waals surface area contributed by atoms with Crippen molar-refractivity contribution in [2.24, 2.45) is 0 Å². The number of halogens is 1. The van der Waals surface area contributed by atoms with Gasteiger partial charge in [0.2, 0.25) is 11.6 Å². The minimum absolute atomic E-state index is 0.00867. The highest BCUT2D eigenvalue weighted by molar-refractivity contribution is 6.50. The molecule has 0 heterocycles. The predicted octanol–water partition coefficient (Wildman–Crippen LogP) is 1.20. The van der Waals surface area contributed by atoms with Gasteiger partial charge in [0.05, 0.1) is 6.61 Å². The van der Waals surface area contributed by atoms with E-state index in [9.17, 15) is 19.2 Å². The topological polar surface area (TPSA) is 89.5 Å². The summed E-state index contributed by atoms with van der Waals surface area (Å²) in [6.45, 7) is 1.54. The third-order valence-electron chi connectivity index (χ3n) is 2.76. The van der Waals surface area contributed by atoms with E-state index in [1.54, 1.807) is 12.1 Å². The van der Waals surface area contributed by atoms with Gasteiger partial charge < -0.3 is 10.1 Å². The van der Waals surface area contributed by atoms with Crippen LogP contribution in [0.5, 0.6) is 0 Å². The number of amides is 1. The molecule has 0 spiro atoms. The highest BCUT2D eigenvalue weighted by Crippen LogP contribution is 2.27. The number of allylic oxidation sites excluding steroid dienone is 2. The fraction of sp³-hybridized carbons (Fsp3) is 0.143. The number of hydrogen-bond acceptors (Lipinski definition) is 5. The van der Waals surface area contributed by atoms with Gasteiger partial charge in [-0.1, -0.05) is 35.9 Å². The summed E-state index contributed by atoms with van der Waals surface area (Å²) in [4.78, 5) is 47.1. The number of fused-ring (bicyclic) bond motifs is 1. The zero-order valence-corrected chi connectivity index (χ0v) is 11.7. The molecule has 0 saturated carbocycles. The summed E-state index contributed by atoms with van der Waals surface area (Å²) >= 11 is 5.82. The van der Waals surface area contributed by atoms with E-state index in [1.807, 2.05) is 5.32 Å². The molecule has 0 fully saturated rings. The van der Waals surface area contributed by atoms with Gasteiger partial charge in [0.25, 0.3) is 0 Å². The average Bonchev–Trinajstić information content (AvgIpc) is 2.49. The number of carbonyl (C=O) groups excluding carboxylic acids is 4. The molecule has 21 heavy (non-hydrogen) atoms. The van der Waals surface area contributed by atoms with Gasteiger partial charge in [0.15, 0.2) is 0 Å². The van der Waals surface area contributed by atoms with Crippen LogP contribution in [-0.4, -0.2) is 30.0 Å². The molecule has 6 nitrogen and oxygen atoms in total. The minimum atomic E-state index is -1.16. The first-order valence-electron chi connectivity index (χ1n) is 6.03. The lowest BCUT2D eigenvalue weighted by molar-refractivity contribution is -0.154. The Hall–Kier alpha value is -2.47. The third-order valence-corrected chi connectivity index (χ3v) is 3.12. The molecule has 2 rings (SSSR count). The van der Waals surface area contributed by atoms with Gasteiger partial charge in [0.1, 0.15) is 10.7 Å². The summed E-state index contributed by atoms with van der Waals surface area (Å²) in [5, 5.41) is 1.60. The van der Waals surface area contributed by atoms with Gasteiger partial charge in [-0.05, 0) is 6.92 Å². The molecule has 0 atom stereocenters. The van der Waals surface area contributed by atoms with E-state index in [1.165, 1.54) is 19.1 Å². The first-order chi connectivity index (χ1) is 9.97. The highest BCUT2D eigenvalue weighted by atomic mass is 35.5. The fourth-order valence-electron chi connectivity index (χ4n) is 1.82. The maximum absolute atomic E-state index is 12.2. The van der Waals surface area contributed by atoms with Crippen molar-refractivity contribution in [1.82, 2.24) is 5.32 Å². The van der Waals surface area contributed by atoms with Crippen molar-refractivity contribution in [3.05, 3.63) is 46.1 Å². The Balaban J connectivity index is 2.34. The minimum Gasteiger partial charge on any atom is -0.459 e. The molecule has 0 aliphatic heterocycles. The van der Waals surface area contributed by atoms with Crippen molar-refractivity contribution in [3.63, 3.8) is 0 Å². The summed E-state index contributed by atoms with van der Waals surface area (Å²) in [5.41, 5.74) is -0.147. The van der Waals surface area contributed by atoms with E-state index in [-0.39, 0.29) is 17.7 Å². The van der Waals surface area contributed by atoms with Gasteiger partial charge >= 0.3 is 11.9 Å². The molecule has 0 unspecified atom stereocenters. The van der Waals surface area contributed by atoms with Crippen LogP contribution in [0.4, 0.5) is 0 Å². The molecule has 1 aliphatic carbocycles. The number of ketones is 2. The predicted molar refractivity (Wildman–Crippen MR) is 72.8 cm³/mol. The van der Waals surface area contributed by atoms with Crippen LogP contribution < -0.4 is 5.32 Å². The lowest BCUT2D eigenvalue weighted by Crippen LogP contribution is -2.37. The van der Waals surface area contributed by atoms with Crippen LogP contribution in [0, 0.1) is 0 Å². The van der Waals surface area contributed by atoms with E-state index in [0.717, 1.165) is 0 Å². The van der Waals surface area contributed by atoms with Crippen LogP contribution in [0.15, 0.2) is 35.0 Å². The summed E-state index contributed by atoms with van der Waals surface area (Å²) in [6.07, 6.45) is 0. The maximum atomic E-state index is 12.2. The normalized spacial score (nSPS) is 13.8. The summed E-state index contributed by atoms with van der Waals surface area (Å²) in [5.74, 6) is -3.54. The largest absolute Gasteiger partial charge is 0.459 e. The molecule has 1 amide bonds. The Morgan fingerprint density at radius 2 is 1.71 bits per heavy atom. The van der Waals surface area contributed by atoms with Crippen LogP contribution in [0.25, 0.3) is 0 Å². The number of hydrogen-bond donors (Lipinski definition) is 1. The number of esters is 1. The van der Waals surface area contributed by atoms with E-state index < -0.39 is 34.2 Å². The number of nitrogens with one attached hydrogen (secondary N) is 1. The van der Waals surface area contributed by atoms with Crippen molar-refractivity contribution in [2.45, 2.75) is 6.92 Å². The Morgan fingerprint density at radius 1 is 1.14 bits per heavy atom. The summed E-state index contributed by atoms with van der Waals surface area (Å²) in [7, 11) is 0. The second kappa shape index (κ2) is 5.88. The number of benzene rings is 1. The van der Waals surface area contributed by atoms with E-state index in [2.05, 4.69) is 4.74 Å². The van der Waals surface area contributed by atoms with E-state index in [0.29, 0.717) is 0 Å². The van der Waals surface area contributed by atoms with Crippen LogP contribution in [0.2, 0.25) is 0 Å². The molecular weight excluding hydrogens is 298 g/mol. The summed E-state index contributed by atoms with van der Waals surface area (Å²) < 4.78 is 4.50. The highest BCUT2D eigenvalue weighted by Gasteiger charge is 2.33. The van der Waals surface area contributed by atoms with Crippen molar-refractivity contribution < 1.29 is 23.9 Å². The Bertz CT molecular complexity index is 692. The molecule has 7 heteroatoms. The Morgan fingerprint density at radius 3 is 2.29 bits per heavy atom. The molecule has 1 aliphatic rings. The van der Waals surface area contributed by atoms with Crippen molar-refractivity contribution in [1.29, 1.82) is 0 Å². The zero-order chi connectivity index (χ0) is 15.6. The van der Waals surface area contributed by atoms with E-state index in [4.69, 9.17) is 11.6 Å². The van der Waals surface area contributed by atoms with Crippen molar-refractivity contribution >= 4 is 35.0 Å². The Labute approximate surface area is 124 Å². The van der Waals surface area contributed by atoms with Crippen LogP contribution in [-0.2, 0) is 14.3 Å². The van der Waals surface area contributed by atoms with Gasteiger partial charge in [-0.3, -0.25) is 14.4 Å². The molecule has 1 aromatic rings. The lowest BCUT2D eigenvalue weighted by atomic mass is 9.92. The van der Waals surface area contributed by atoms with Crippen LogP contribution in [0.3, 0.4) is 0 Å². The third kappa shape index (κ3) is 2.71. The number of ether oxygens (including phenoxy) is 1. The van der Waals surface area contributed by atoms with Crippen LogP contribution >= 0.6 is 11.6 Å². The molecule has 0 radical (unpaired) electrons. The van der Waals surface area contributed by atoms with Gasteiger partial charge in [-0.15, -0.1) is 0 Å². The molecule has 108 valence electrons. The molecular formula is C14H10ClNO5. The molecule has 1 N–H and O–H groups in total. The number of carbonyl (C=O) groups is 4. The fourth-order valence-corrected chi connectivity index (χ4v) is 2.05. The van der Waals surface area contributed by atoms with Crippen molar-refractivity contribution in [2.75, 3.05) is 6.61 Å². The van der Waals surface area contributed by atoms with Crippen LogP contribution in [0.1, 0.15) is 27.6 Å². The van der Waals surface area contributed by atoms with Gasteiger partial charge in [-0.25, -0.2) is 4.79 Å². The van der Waals surface area contributed by atoms with E-state index >= 15 is 0 Å². The number of rotatable bonds is 2. The average molecular weight is 308 g/mol. The maximum Gasteiger partial charge on any atom is 0.397 e. The Kier molecular flexibility index (Phi) is 4.18. The standard InChI is InChI=1S/C14H10ClNO5/c1-2-21-14(20)13(19)16-10-9(15)11(17)7-5-3-4-6-8(7)12(10)18/h3-6H,2H2,1H3,(H,16,19). The lowest BCUT2D eigenvalue weighted by Gasteiger charge is -2.17. The second-order valence-electron chi connectivity index (χ2n) is 4.07. The first-order valence-corrected chi connectivity index (χ1v) is 6.41. The first kappa shape index (κ1) is 14.9. The molecule has 0 bridgehead atoms. The SMILES string of the molecule is CCOC(=O)C(=O)NC1=C(Cl)C(=O)c2ccccc2C1=O. The number of Topliss-reactive ketones (excluding diaryl/α,β-unsaturated/α-hetero) is 2.